The molecular formula is C21H21F3N4O2S. The van der Waals surface area contributed by atoms with Gasteiger partial charge >= 0.3 is 6.18 Å². The highest BCUT2D eigenvalue weighted by Gasteiger charge is 2.31. The number of nitrogens with one attached hydrogen (secondary N) is 1. The summed E-state index contributed by atoms with van der Waals surface area (Å²) < 4.78 is 43.6. The van der Waals surface area contributed by atoms with Crippen LogP contribution in [0.5, 0.6) is 0 Å². The van der Waals surface area contributed by atoms with Crippen LogP contribution in [0.1, 0.15) is 29.9 Å². The maximum atomic E-state index is 12.7. The summed E-state index contributed by atoms with van der Waals surface area (Å²) in [5.74, 6) is 1.92. The smallest absolute Gasteiger partial charge is 0.417 e. The van der Waals surface area contributed by atoms with Gasteiger partial charge in [-0.2, -0.15) is 13.2 Å². The van der Waals surface area contributed by atoms with E-state index in [4.69, 9.17) is 4.42 Å². The summed E-state index contributed by atoms with van der Waals surface area (Å²) in [6.07, 6.45) is -1.95. The molecule has 0 aromatic carbocycles. The highest BCUT2D eigenvalue weighted by Crippen LogP contribution is 2.30. The summed E-state index contributed by atoms with van der Waals surface area (Å²) in [5.41, 5.74) is -0.0660. The number of hydrogen-bond acceptors (Lipinski definition) is 6. The molecule has 1 N–H and O–H groups in total. The largest absolute Gasteiger partial charge is 0.459 e. The quantitative estimate of drug-likeness (QED) is 0.622. The molecule has 0 spiro atoms. The zero-order valence-corrected chi connectivity index (χ0v) is 17.6. The second kappa shape index (κ2) is 8.70. The van der Waals surface area contributed by atoms with E-state index in [1.807, 2.05) is 29.3 Å². The molecule has 1 saturated heterocycles. The van der Waals surface area contributed by atoms with Crippen LogP contribution in [-0.4, -0.2) is 35.0 Å². The summed E-state index contributed by atoms with van der Waals surface area (Å²) >= 11 is 1.44. The van der Waals surface area contributed by atoms with Crippen LogP contribution in [0.25, 0.3) is 10.8 Å². The van der Waals surface area contributed by atoms with E-state index in [0.29, 0.717) is 43.2 Å². The van der Waals surface area contributed by atoms with Crippen molar-refractivity contribution in [3.05, 3.63) is 52.9 Å². The van der Waals surface area contributed by atoms with Crippen LogP contribution >= 0.6 is 11.3 Å². The van der Waals surface area contributed by atoms with E-state index in [-0.39, 0.29) is 18.4 Å². The van der Waals surface area contributed by atoms with Gasteiger partial charge in [0.05, 0.1) is 17.7 Å². The number of carbonyl (C=O) groups excluding carboxylic acids is 1. The van der Waals surface area contributed by atoms with Gasteiger partial charge in [0.25, 0.3) is 0 Å². The number of carbonyl (C=O) groups is 1. The Balaban J connectivity index is 1.26. The van der Waals surface area contributed by atoms with Crippen molar-refractivity contribution in [2.75, 3.05) is 18.0 Å². The molecule has 0 unspecified atom stereocenters. The standard InChI is InChI=1S/C21H21F3N4O2S/c1-13-2-4-17(30-13)20-27-16(12-31-20)10-19(29)26-15-6-8-28(9-7-15)18-5-3-14(11-25-18)21(22,23)24/h2-5,11-12,15H,6-10H2,1H3,(H,26,29). The summed E-state index contributed by atoms with van der Waals surface area (Å²) in [5, 5.41) is 5.62. The average molecular weight is 450 g/mol. The molecule has 6 nitrogen and oxygen atoms in total. The molecule has 164 valence electrons. The van der Waals surface area contributed by atoms with E-state index in [1.54, 1.807) is 0 Å². The van der Waals surface area contributed by atoms with Crippen molar-refractivity contribution >= 4 is 23.1 Å². The first-order chi connectivity index (χ1) is 14.8. The van der Waals surface area contributed by atoms with Crippen molar-refractivity contribution in [1.82, 2.24) is 15.3 Å². The molecule has 0 aliphatic carbocycles. The van der Waals surface area contributed by atoms with E-state index < -0.39 is 11.7 Å². The molecule has 0 radical (unpaired) electrons. The van der Waals surface area contributed by atoms with Crippen LogP contribution in [0, 0.1) is 6.92 Å². The molecule has 1 aliphatic rings. The Labute approximate surface area is 181 Å². The Morgan fingerprint density at radius 3 is 2.65 bits per heavy atom. The minimum atomic E-state index is -4.39. The Bertz CT molecular complexity index is 1040. The van der Waals surface area contributed by atoms with Gasteiger partial charge in [-0.15, -0.1) is 11.3 Å². The highest BCUT2D eigenvalue weighted by atomic mass is 32.1. The molecule has 0 atom stereocenters. The molecule has 1 amide bonds. The maximum Gasteiger partial charge on any atom is 0.417 e. The van der Waals surface area contributed by atoms with Gasteiger partial charge in [0.2, 0.25) is 5.91 Å². The van der Waals surface area contributed by atoms with Crippen LogP contribution in [0.2, 0.25) is 0 Å². The van der Waals surface area contributed by atoms with E-state index >= 15 is 0 Å². The molecule has 0 saturated carbocycles. The van der Waals surface area contributed by atoms with E-state index in [0.717, 1.165) is 23.0 Å². The topological polar surface area (TPSA) is 71.3 Å². The van der Waals surface area contributed by atoms with Crippen molar-refractivity contribution in [2.24, 2.45) is 0 Å². The van der Waals surface area contributed by atoms with Crippen molar-refractivity contribution < 1.29 is 22.4 Å². The molecule has 4 heterocycles. The van der Waals surface area contributed by atoms with E-state index in [9.17, 15) is 18.0 Å². The number of furan rings is 1. The molecule has 3 aromatic heterocycles. The van der Waals surface area contributed by atoms with Gasteiger partial charge in [0.15, 0.2) is 10.8 Å². The Kier molecular flexibility index (Phi) is 5.99. The van der Waals surface area contributed by atoms with Crippen molar-refractivity contribution in [2.45, 2.75) is 38.4 Å². The van der Waals surface area contributed by atoms with Gasteiger partial charge in [0, 0.05) is 30.7 Å². The van der Waals surface area contributed by atoms with Gasteiger partial charge < -0.3 is 14.6 Å². The second-order valence-corrected chi connectivity index (χ2v) is 8.32. The van der Waals surface area contributed by atoms with Crippen molar-refractivity contribution in [3.8, 4) is 10.8 Å². The number of pyridine rings is 1. The lowest BCUT2D eigenvalue weighted by Gasteiger charge is -2.33. The van der Waals surface area contributed by atoms with Crippen LogP contribution in [0.4, 0.5) is 19.0 Å². The van der Waals surface area contributed by atoms with Gasteiger partial charge in [-0.05, 0) is 44.0 Å². The predicted molar refractivity (Wildman–Crippen MR) is 111 cm³/mol. The number of thiazole rings is 1. The minimum absolute atomic E-state index is 0.0176. The summed E-state index contributed by atoms with van der Waals surface area (Å²) in [6, 6.07) is 6.18. The molecule has 1 fully saturated rings. The highest BCUT2D eigenvalue weighted by molar-refractivity contribution is 7.13. The second-order valence-electron chi connectivity index (χ2n) is 7.46. The zero-order chi connectivity index (χ0) is 22.0. The number of halogens is 3. The first-order valence-electron chi connectivity index (χ1n) is 9.87. The lowest BCUT2D eigenvalue weighted by atomic mass is 10.0. The van der Waals surface area contributed by atoms with Crippen LogP contribution in [-0.2, 0) is 17.4 Å². The average Bonchev–Trinajstić information content (AvgIpc) is 3.37. The first kappa shape index (κ1) is 21.4. The fraction of sp³-hybridized carbons (Fsp3) is 0.381. The lowest BCUT2D eigenvalue weighted by Crippen LogP contribution is -2.45. The molecule has 4 rings (SSSR count). The SMILES string of the molecule is Cc1ccc(-c2nc(CC(=O)NC3CCN(c4ccc(C(F)(F)F)cn4)CC3)cs2)o1. The first-order valence-corrected chi connectivity index (χ1v) is 10.7. The summed E-state index contributed by atoms with van der Waals surface area (Å²) in [6.45, 7) is 3.09. The lowest BCUT2D eigenvalue weighted by molar-refractivity contribution is -0.137. The number of alkyl halides is 3. The minimum Gasteiger partial charge on any atom is -0.459 e. The molecule has 1 aliphatic heterocycles. The third-order valence-corrected chi connectivity index (χ3v) is 6.01. The van der Waals surface area contributed by atoms with E-state index in [2.05, 4.69) is 15.3 Å². The number of hydrogen-bond donors (Lipinski definition) is 1. The monoisotopic (exact) mass is 450 g/mol. The number of amides is 1. The van der Waals surface area contributed by atoms with Gasteiger partial charge in [-0.1, -0.05) is 0 Å². The van der Waals surface area contributed by atoms with E-state index in [1.165, 1.54) is 17.4 Å². The predicted octanol–water partition coefficient (Wildman–Crippen LogP) is 4.45. The number of aryl methyl sites for hydroxylation is 1. The summed E-state index contributed by atoms with van der Waals surface area (Å²) in [7, 11) is 0. The third kappa shape index (κ3) is 5.25. The van der Waals surface area contributed by atoms with Crippen molar-refractivity contribution in [1.29, 1.82) is 0 Å². The number of piperidine rings is 1. The molecule has 31 heavy (non-hydrogen) atoms. The summed E-state index contributed by atoms with van der Waals surface area (Å²) in [4.78, 5) is 22.8. The van der Waals surface area contributed by atoms with Gasteiger partial charge in [-0.3, -0.25) is 4.79 Å². The molecule has 0 bridgehead atoms. The zero-order valence-electron chi connectivity index (χ0n) is 16.8. The number of rotatable bonds is 5. The molecular weight excluding hydrogens is 429 g/mol. The Morgan fingerprint density at radius 2 is 2.03 bits per heavy atom. The van der Waals surface area contributed by atoms with Crippen molar-refractivity contribution in [3.63, 3.8) is 0 Å². The van der Waals surface area contributed by atoms with Gasteiger partial charge in [-0.25, -0.2) is 9.97 Å². The van der Waals surface area contributed by atoms with Crippen LogP contribution in [0.3, 0.4) is 0 Å². The molecule has 10 heteroatoms. The van der Waals surface area contributed by atoms with Crippen LogP contribution in [0.15, 0.2) is 40.3 Å². The molecule has 3 aromatic rings. The fourth-order valence-corrected chi connectivity index (χ4v) is 4.27. The number of nitrogens with zero attached hydrogens (tertiary/aromatic N) is 3. The Hall–Kier alpha value is -2.88. The maximum absolute atomic E-state index is 12.7. The van der Waals surface area contributed by atoms with Crippen LogP contribution < -0.4 is 10.2 Å². The number of anilines is 1. The Morgan fingerprint density at radius 1 is 1.26 bits per heavy atom. The fourth-order valence-electron chi connectivity index (χ4n) is 3.49. The van der Waals surface area contributed by atoms with Gasteiger partial charge in [0.1, 0.15) is 11.6 Å². The third-order valence-electron chi connectivity index (χ3n) is 5.10. The number of aromatic nitrogens is 2. The normalized spacial score (nSPS) is 15.3.